The van der Waals surface area contributed by atoms with Crippen molar-refractivity contribution < 1.29 is 4.74 Å². The monoisotopic (exact) mass is 243 g/mol. The summed E-state index contributed by atoms with van der Waals surface area (Å²) in [4.78, 5) is 2.58. The van der Waals surface area contributed by atoms with Crippen molar-refractivity contribution in [2.45, 2.75) is 25.3 Å². The lowest BCUT2D eigenvalue weighted by molar-refractivity contribution is 0.233. The van der Waals surface area contributed by atoms with Gasteiger partial charge >= 0.3 is 0 Å². The topological polar surface area (TPSA) is 12.5 Å². The Kier molecular flexibility index (Phi) is 3.13. The van der Waals surface area contributed by atoms with Gasteiger partial charge in [-0.15, -0.1) is 6.58 Å². The van der Waals surface area contributed by atoms with Crippen LogP contribution < -0.4 is 4.74 Å². The van der Waals surface area contributed by atoms with Crippen LogP contribution in [0, 0.1) is 5.92 Å². The minimum atomic E-state index is 0.687. The smallest absolute Gasteiger partial charge is 0.122 e. The van der Waals surface area contributed by atoms with E-state index in [1.165, 1.54) is 30.5 Å². The first kappa shape index (κ1) is 11.8. The molecule has 0 N–H and O–H groups in total. The molecule has 0 radical (unpaired) electrons. The van der Waals surface area contributed by atoms with Gasteiger partial charge in [-0.2, -0.15) is 0 Å². The Balaban J connectivity index is 1.90. The van der Waals surface area contributed by atoms with Gasteiger partial charge in [-0.25, -0.2) is 0 Å². The lowest BCUT2D eigenvalue weighted by Crippen LogP contribution is -2.38. The van der Waals surface area contributed by atoms with Crippen molar-refractivity contribution in [1.82, 2.24) is 4.90 Å². The molecular formula is C16H21NO. The highest BCUT2D eigenvalue weighted by atomic mass is 16.5. The predicted octanol–water partition coefficient (Wildman–Crippen LogP) is 2.67. The number of rotatable bonds is 3. The van der Waals surface area contributed by atoms with Crippen LogP contribution in [-0.4, -0.2) is 31.1 Å². The second-order valence-corrected chi connectivity index (χ2v) is 5.41. The summed E-state index contributed by atoms with van der Waals surface area (Å²) in [5.74, 6) is 1.89. The van der Waals surface area contributed by atoms with Crippen LogP contribution in [0.25, 0.3) is 0 Å². The molecule has 2 nitrogen and oxygen atoms in total. The summed E-state index contributed by atoms with van der Waals surface area (Å²) in [6.07, 6.45) is 5.71. The maximum atomic E-state index is 5.52. The Hall–Kier alpha value is -1.28. The van der Waals surface area contributed by atoms with Crippen LogP contribution in [0.1, 0.15) is 17.5 Å². The Morgan fingerprint density at radius 2 is 2.33 bits per heavy atom. The van der Waals surface area contributed by atoms with Crippen LogP contribution in [0.5, 0.6) is 5.75 Å². The molecule has 1 fully saturated rings. The molecule has 96 valence electrons. The molecule has 1 aliphatic carbocycles. The van der Waals surface area contributed by atoms with Crippen LogP contribution in [0.2, 0.25) is 0 Å². The molecule has 0 aromatic heterocycles. The summed E-state index contributed by atoms with van der Waals surface area (Å²) in [6.45, 7) is 6.11. The van der Waals surface area contributed by atoms with Crippen molar-refractivity contribution in [3.05, 3.63) is 42.0 Å². The fourth-order valence-corrected chi connectivity index (χ4v) is 3.63. The second kappa shape index (κ2) is 4.77. The Bertz CT molecular complexity index is 454. The first-order chi connectivity index (χ1) is 8.83. The van der Waals surface area contributed by atoms with Crippen molar-refractivity contribution in [1.29, 1.82) is 0 Å². The van der Waals surface area contributed by atoms with Gasteiger partial charge in [0.05, 0.1) is 7.11 Å². The first-order valence-corrected chi connectivity index (χ1v) is 6.83. The standard InChI is InChI=1S/C16H21NO/c1-3-8-17-9-7-13-10-12-5-4-6-16(18-2)14(12)11-15(13)17/h3-6,13,15H,1,7-11H2,2H3/t13-,15-/m0/s1. The van der Waals surface area contributed by atoms with E-state index >= 15 is 0 Å². The van der Waals surface area contributed by atoms with Crippen molar-refractivity contribution in [3.8, 4) is 5.75 Å². The van der Waals surface area contributed by atoms with Gasteiger partial charge in [0.1, 0.15) is 5.75 Å². The van der Waals surface area contributed by atoms with Crippen molar-refractivity contribution in [3.63, 3.8) is 0 Å². The summed E-state index contributed by atoms with van der Waals surface area (Å²) in [5.41, 5.74) is 2.92. The van der Waals surface area contributed by atoms with E-state index in [2.05, 4.69) is 29.7 Å². The summed E-state index contributed by atoms with van der Waals surface area (Å²) in [6, 6.07) is 7.16. The van der Waals surface area contributed by atoms with E-state index in [9.17, 15) is 0 Å². The Morgan fingerprint density at radius 3 is 3.11 bits per heavy atom. The maximum absolute atomic E-state index is 5.52. The quantitative estimate of drug-likeness (QED) is 0.757. The molecule has 3 rings (SSSR count). The van der Waals surface area contributed by atoms with Crippen LogP contribution in [0.3, 0.4) is 0 Å². The zero-order valence-corrected chi connectivity index (χ0v) is 11.1. The van der Waals surface area contributed by atoms with Crippen LogP contribution in [-0.2, 0) is 12.8 Å². The summed E-state index contributed by atoms with van der Waals surface area (Å²) in [5, 5.41) is 0. The van der Waals surface area contributed by atoms with E-state index in [1.807, 2.05) is 6.08 Å². The molecule has 2 aliphatic rings. The minimum absolute atomic E-state index is 0.687. The van der Waals surface area contributed by atoms with Crippen LogP contribution >= 0.6 is 0 Å². The average Bonchev–Trinajstić information content (AvgIpc) is 2.78. The van der Waals surface area contributed by atoms with Crippen molar-refractivity contribution in [2.75, 3.05) is 20.2 Å². The van der Waals surface area contributed by atoms with Crippen molar-refractivity contribution >= 4 is 0 Å². The molecule has 2 heteroatoms. The van der Waals surface area contributed by atoms with E-state index in [-0.39, 0.29) is 0 Å². The number of benzene rings is 1. The van der Waals surface area contributed by atoms with Gasteiger partial charge in [-0.05, 0) is 48.9 Å². The molecule has 1 aromatic carbocycles. The number of ether oxygens (including phenoxy) is 1. The Labute approximate surface area is 109 Å². The molecule has 1 aliphatic heterocycles. The zero-order chi connectivity index (χ0) is 12.5. The number of hydrogen-bond donors (Lipinski definition) is 0. The summed E-state index contributed by atoms with van der Waals surface area (Å²) < 4.78 is 5.52. The highest BCUT2D eigenvalue weighted by Gasteiger charge is 2.37. The fraction of sp³-hybridized carbons (Fsp3) is 0.500. The summed E-state index contributed by atoms with van der Waals surface area (Å²) >= 11 is 0. The lowest BCUT2D eigenvalue weighted by Gasteiger charge is -2.33. The molecule has 0 bridgehead atoms. The SMILES string of the molecule is C=CCN1CC[C@H]2Cc3cccc(OC)c3C[C@@H]21. The summed E-state index contributed by atoms with van der Waals surface area (Å²) in [7, 11) is 1.78. The predicted molar refractivity (Wildman–Crippen MR) is 74.1 cm³/mol. The van der Waals surface area contributed by atoms with Gasteiger partial charge in [0, 0.05) is 12.6 Å². The number of fused-ring (bicyclic) bond motifs is 2. The van der Waals surface area contributed by atoms with Gasteiger partial charge < -0.3 is 4.74 Å². The van der Waals surface area contributed by atoms with Gasteiger partial charge in [-0.1, -0.05) is 18.2 Å². The minimum Gasteiger partial charge on any atom is -0.496 e. The first-order valence-electron chi connectivity index (χ1n) is 6.83. The van der Waals surface area contributed by atoms with Gasteiger partial charge in [-0.3, -0.25) is 4.90 Å². The molecule has 18 heavy (non-hydrogen) atoms. The van der Waals surface area contributed by atoms with Crippen LogP contribution in [0.4, 0.5) is 0 Å². The van der Waals surface area contributed by atoms with E-state index < -0.39 is 0 Å². The Morgan fingerprint density at radius 1 is 1.44 bits per heavy atom. The van der Waals surface area contributed by atoms with Crippen molar-refractivity contribution in [2.24, 2.45) is 5.92 Å². The average molecular weight is 243 g/mol. The number of nitrogens with zero attached hydrogens (tertiary/aromatic N) is 1. The second-order valence-electron chi connectivity index (χ2n) is 5.41. The molecular weight excluding hydrogens is 222 g/mol. The third kappa shape index (κ3) is 1.85. The molecule has 1 saturated heterocycles. The molecule has 0 spiro atoms. The van der Waals surface area contributed by atoms with Crippen LogP contribution in [0.15, 0.2) is 30.9 Å². The number of methoxy groups -OCH3 is 1. The zero-order valence-electron chi connectivity index (χ0n) is 11.1. The fourth-order valence-electron chi connectivity index (χ4n) is 3.63. The molecule has 2 atom stereocenters. The molecule has 0 saturated carbocycles. The van der Waals surface area contributed by atoms with Gasteiger partial charge in [0.25, 0.3) is 0 Å². The highest BCUT2D eigenvalue weighted by molar-refractivity contribution is 5.43. The van der Waals surface area contributed by atoms with E-state index in [0.29, 0.717) is 6.04 Å². The van der Waals surface area contributed by atoms with E-state index in [0.717, 1.165) is 24.6 Å². The normalized spacial score (nSPS) is 26.5. The largest absolute Gasteiger partial charge is 0.496 e. The van der Waals surface area contributed by atoms with Gasteiger partial charge in [0.2, 0.25) is 0 Å². The third-order valence-corrected chi connectivity index (χ3v) is 4.51. The van der Waals surface area contributed by atoms with E-state index in [1.54, 1.807) is 7.11 Å². The molecule has 0 unspecified atom stereocenters. The molecule has 0 amide bonds. The maximum Gasteiger partial charge on any atom is 0.122 e. The third-order valence-electron chi connectivity index (χ3n) is 4.51. The van der Waals surface area contributed by atoms with E-state index in [4.69, 9.17) is 4.74 Å². The lowest BCUT2D eigenvalue weighted by atomic mass is 9.80. The number of likely N-dealkylation sites (tertiary alicyclic amines) is 1. The van der Waals surface area contributed by atoms with Gasteiger partial charge in [0.15, 0.2) is 0 Å². The molecule has 1 aromatic rings. The number of hydrogen-bond acceptors (Lipinski definition) is 2. The highest BCUT2D eigenvalue weighted by Crippen LogP contribution is 2.38. The molecule has 1 heterocycles.